The van der Waals surface area contributed by atoms with E-state index in [0.717, 1.165) is 5.69 Å². The van der Waals surface area contributed by atoms with Crippen LogP contribution < -0.4 is 5.32 Å². The number of aryl methyl sites for hydroxylation is 1. The molecule has 7 heteroatoms. The molecular formula is C9H12N6O. The van der Waals surface area contributed by atoms with Gasteiger partial charge in [0.25, 0.3) is 0 Å². The summed E-state index contributed by atoms with van der Waals surface area (Å²) < 4.78 is 1.70. The third kappa shape index (κ3) is 1.92. The molecule has 2 heterocycles. The first-order valence-corrected chi connectivity index (χ1v) is 4.81. The molecule has 0 radical (unpaired) electrons. The quantitative estimate of drug-likeness (QED) is 0.752. The molecule has 0 saturated heterocycles. The van der Waals surface area contributed by atoms with Crippen molar-refractivity contribution in [1.82, 2.24) is 30.5 Å². The van der Waals surface area contributed by atoms with Crippen molar-refractivity contribution in [3.05, 3.63) is 18.0 Å². The maximum absolute atomic E-state index is 10.8. The largest absolute Gasteiger partial charge is 0.351 e. The van der Waals surface area contributed by atoms with E-state index in [2.05, 4.69) is 25.8 Å². The number of hydrogen-bond acceptors (Lipinski definition) is 4. The fourth-order valence-corrected chi connectivity index (χ4v) is 1.40. The van der Waals surface area contributed by atoms with Crippen molar-refractivity contribution in [2.24, 2.45) is 7.05 Å². The summed E-state index contributed by atoms with van der Waals surface area (Å²) in [6.45, 7) is 1.82. The SMILES string of the molecule is CC(=O)NCc1n[nH]nc1-c1ccnn1C. The van der Waals surface area contributed by atoms with Crippen molar-refractivity contribution in [2.75, 3.05) is 0 Å². The lowest BCUT2D eigenvalue weighted by Gasteiger charge is -2.01. The molecule has 0 unspecified atom stereocenters. The molecule has 16 heavy (non-hydrogen) atoms. The van der Waals surface area contributed by atoms with Gasteiger partial charge in [0.15, 0.2) is 0 Å². The van der Waals surface area contributed by atoms with Crippen LogP contribution in [0.1, 0.15) is 12.6 Å². The van der Waals surface area contributed by atoms with Crippen molar-refractivity contribution in [2.45, 2.75) is 13.5 Å². The lowest BCUT2D eigenvalue weighted by molar-refractivity contribution is -0.119. The van der Waals surface area contributed by atoms with Gasteiger partial charge < -0.3 is 5.32 Å². The minimum absolute atomic E-state index is 0.0982. The summed E-state index contributed by atoms with van der Waals surface area (Å²) in [4.78, 5) is 10.8. The fraction of sp³-hybridized carbons (Fsp3) is 0.333. The number of carbonyl (C=O) groups excluding carboxylic acids is 1. The zero-order chi connectivity index (χ0) is 11.5. The molecule has 0 aromatic carbocycles. The molecule has 0 atom stereocenters. The first-order chi connectivity index (χ1) is 7.68. The first-order valence-electron chi connectivity index (χ1n) is 4.81. The van der Waals surface area contributed by atoms with E-state index >= 15 is 0 Å². The van der Waals surface area contributed by atoms with E-state index in [1.54, 1.807) is 10.9 Å². The van der Waals surface area contributed by atoms with Crippen molar-refractivity contribution in [3.63, 3.8) is 0 Å². The average molecular weight is 220 g/mol. The molecule has 2 N–H and O–H groups in total. The van der Waals surface area contributed by atoms with Crippen molar-refractivity contribution in [3.8, 4) is 11.4 Å². The maximum Gasteiger partial charge on any atom is 0.217 e. The van der Waals surface area contributed by atoms with Crippen LogP contribution in [0, 0.1) is 0 Å². The Hall–Kier alpha value is -2.18. The van der Waals surface area contributed by atoms with E-state index in [4.69, 9.17) is 0 Å². The number of rotatable bonds is 3. The van der Waals surface area contributed by atoms with Gasteiger partial charge in [0, 0.05) is 20.2 Å². The van der Waals surface area contributed by atoms with Gasteiger partial charge in [-0.2, -0.15) is 20.5 Å². The van der Waals surface area contributed by atoms with Crippen LogP contribution in [-0.4, -0.2) is 31.1 Å². The summed E-state index contributed by atoms with van der Waals surface area (Å²) >= 11 is 0. The Morgan fingerprint density at radius 2 is 2.38 bits per heavy atom. The molecule has 2 rings (SSSR count). The fourth-order valence-electron chi connectivity index (χ4n) is 1.40. The minimum atomic E-state index is -0.0982. The molecule has 0 fully saturated rings. The second kappa shape index (κ2) is 4.13. The van der Waals surface area contributed by atoms with E-state index in [9.17, 15) is 4.79 Å². The number of H-pyrrole nitrogens is 1. The van der Waals surface area contributed by atoms with Crippen LogP contribution in [-0.2, 0) is 18.4 Å². The highest BCUT2D eigenvalue weighted by Crippen LogP contribution is 2.17. The van der Waals surface area contributed by atoms with Gasteiger partial charge in [-0.25, -0.2) is 0 Å². The zero-order valence-electron chi connectivity index (χ0n) is 9.06. The van der Waals surface area contributed by atoms with E-state index in [0.29, 0.717) is 17.9 Å². The molecule has 0 saturated carbocycles. The average Bonchev–Trinajstić information content (AvgIpc) is 2.82. The first kappa shape index (κ1) is 10.3. The maximum atomic E-state index is 10.8. The highest BCUT2D eigenvalue weighted by atomic mass is 16.1. The third-order valence-corrected chi connectivity index (χ3v) is 2.19. The van der Waals surface area contributed by atoms with Crippen LogP contribution in [0.5, 0.6) is 0 Å². The Balaban J connectivity index is 2.26. The molecule has 0 aliphatic heterocycles. The number of aromatic nitrogens is 5. The Morgan fingerprint density at radius 1 is 1.56 bits per heavy atom. The topological polar surface area (TPSA) is 88.5 Å². The molecule has 0 bridgehead atoms. The van der Waals surface area contributed by atoms with E-state index in [1.165, 1.54) is 6.92 Å². The lowest BCUT2D eigenvalue weighted by Crippen LogP contribution is -2.19. The summed E-state index contributed by atoms with van der Waals surface area (Å²) in [6.07, 6.45) is 1.69. The van der Waals surface area contributed by atoms with Gasteiger partial charge in [-0.05, 0) is 6.07 Å². The molecule has 0 spiro atoms. The van der Waals surface area contributed by atoms with Gasteiger partial charge in [0.1, 0.15) is 11.4 Å². The molecular weight excluding hydrogens is 208 g/mol. The molecule has 0 aliphatic carbocycles. The summed E-state index contributed by atoms with van der Waals surface area (Å²) in [7, 11) is 1.83. The smallest absolute Gasteiger partial charge is 0.217 e. The number of nitrogens with zero attached hydrogens (tertiary/aromatic N) is 4. The highest BCUT2D eigenvalue weighted by Gasteiger charge is 2.13. The van der Waals surface area contributed by atoms with Crippen LogP contribution in [0.3, 0.4) is 0 Å². The normalized spacial score (nSPS) is 10.4. The predicted octanol–water partition coefficient (Wildman–Crippen LogP) is -0.159. The molecule has 2 aromatic heterocycles. The van der Waals surface area contributed by atoms with Crippen LogP contribution in [0.2, 0.25) is 0 Å². The van der Waals surface area contributed by atoms with Gasteiger partial charge in [-0.3, -0.25) is 9.48 Å². The van der Waals surface area contributed by atoms with Crippen molar-refractivity contribution in [1.29, 1.82) is 0 Å². The summed E-state index contributed by atoms with van der Waals surface area (Å²) in [5.74, 6) is -0.0982. The third-order valence-electron chi connectivity index (χ3n) is 2.19. The molecule has 2 aromatic rings. The molecule has 1 amide bonds. The van der Waals surface area contributed by atoms with E-state index in [-0.39, 0.29) is 5.91 Å². The standard InChI is InChI=1S/C9H12N6O/c1-6(16)10-5-7-9(13-14-12-7)8-3-4-11-15(8)2/h3-4H,5H2,1-2H3,(H,10,16)(H,12,13,14). The minimum Gasteiger partial charge on any atom is -0.351 e. The number of amides is 1. The monoisotopic (exact) mass is 220 g/mol. The molecule has 7 nitrogen and oxygen atoms in total. The number of hydrogen-bond donors (Lipinski definition) is 2. The number of nitrogens with one attached hydrogen (secondary N) is 2. The van der Waals surface area contributed by atoms with Gasteiger partial charge in [-0.1, -0.05) is 0 Å². The van der Waals surface area contributed by atoms with Gasteiger partial charge >= 0.3 is 0 Å². The van der Waals surface area contributed by atoms with Gasteiger partial charge in [0.05, 0.1) is 12.2 Å². The van der Waals surface area contributed by atoms with Crippen LogP contribution >= 0.6 is 0 Å². The lowest BCUT2D eigenvalue weighted by atomic mass is 10.2. The van der Waals surface area contributed by atoms with Crippen molar-refractivity contribution < 1.29 is 4.79 Å². The van der Waals surface area contributed by atoms with E-state index < -0.39 is 0 Å². The van der Waals surface area contributed by atoms with Gasteiger partial charge in [-0.15, -0.1) is 0 Å². The van der Waals surface area contributed by atoms with Crippen LogP contribution in [0.15, 0.2) is 12.3 Å². The van der Waals surface area contributed by atoms with Gasteiger partial charge in [0.2, 0.25) is 5.91 Å². The molecule has 84 valence electrons. The Morgan fingerprint density at radius 3 is 3.00 bits per heavy atom. The number of carbonyl (C=O) groups is 1. The number of aromatic amines is 1. The zero-order valence-corrected chi connectivity index (χ0v) is 9.06. The van der Waals surface area contributed by atoms with E-state index in [1.807, 2.05) is 13.1 Å². The molecule has 0 aliphatic rings. The van der Waals surface area contributed by atoms with Crippen molar-refractivity contribution >= 4 is 5.91 Å². The second-order valence-corrected chi connectivity index (χ2v) is 3.37. The summed E-state index contributed by atoms with van der Waals surface area (Å²) in [6, 6.07) is 1.84. The van der Waals surface area contributed by atoms with Crippen LogP contribution in [0.4, 0.5) is 0 Å². The Labute approximate surface area is 91.9 Å². The second-order valence-electron chi connectivity index (χ2n) is 3.37. The summed E-state index contributed by atoms with van der Waals surface area (Å²) in [5.41, 5.74) is 2.25. The summed E-state index contributed by atoms with van der Waals surface area (Å²) in [5, 5.41) is 17.3. The predicted molar refractivity (Wildman–Crippen MR) is 56.1 cm³/mol. The Bertz CT molecular complexity index is 500. The highest BCUT2D eigenvalue weighted by molar-refractivity contribution is 5.73. The Kier molecular flexibility index (Phi) is 2.67. The van der Waals surface area contributed by atoms with Crippen LogP contribution in [0.25, 0.3) is 11.4 Å².